The van der Waals surface area contributed by atoms with Crippen molar-refractivity contribution >= 4 is 16.8 Å². The largest absolute Gasteiger partial charge is 0.392 e. The summed E-state index contributed by atoms with van der Waals surface area (Å²) < 4.78 is 28.7. The number of carbonyl (C=O) groups is 1. The summed E-state index contributed by atoms with van der Waals surface area (Å²) in [6.45, 7) is 5.42. The molecule has 0 bridgehead atoms. The van der Waals surface area contributed by atoms with Crippen molar-refractivity contribution in [3.8, 4) is 0 Å². The van der Waals surface area contributed by atoms with E-state index in [1.807, 2.05) is 13.8 Å². The fourth-order valence-corrected chi connectivity index (χ4v) is 2.05. The van der Waals surface area contributed by atoms with E-state index >= 15 is 0 Å². The molecule has 1 aromatic heterocycles. The van der Waals surface area contributed by atoms with E-state index in [9.17, 15) is 18.4 Å². The van der Waals surface area contributed by atoms with Gasteiger partial charge in [0.25, 0.3) is 5.91 Å². The van der Waals surface area contributed by atoms with Gasteiger partial charge >= 0.3 is 0 Å². The van der Waals surface area contributed by atoms with Gasteiger partial charge < -0.3 is 15.0 Å². The van der Waals surface area contributed by atoms with E-state index in [1.54, 1.807) is 0 Å². The highest BCUT2D eigenvalue weighted by Gasteiger charge is 2.19. The lowest BCUT2D eigenvalue weighted by molar-refractivity contribution is 0.0922. The van der Waals surface area contributed by atoms with Crippen LogP contribution in [0, 0.1) is 11.6 Å². The van der Waals surface area contributed by atoms with E-state index in [1.165, 1.54) is 18.5 Å². The maximum Gasteiger partial charge on any atom is 0.256 e. The monoisotopic (exact) mass is 326 g/mol. The topological polar surface area (TPSA) is 71.3 Å². The quantitative estimate of drug-likeness (QED) is 0.906. The second-order valence-corrected chi connectivity index (χ2v) is 4.79. The molecule has 0 spiro atoms. The van der Waals surface area contributed by atoms with Gasteiger partial charge in [-0.3, -0.25) is 9.59 Å². The van der Waals surface area contributed by atoms with Crippen molar-refractivity contribution in [3.63, 3.8) is 0 Å². The molecule has 0 saturated carbocycles. The van der Waals surface area contributed by atoms with Crippen molar-refractivity contribution in [1.82, 2.24) is 9.88 Å². The summed E-state index contributed by atoms with van der Waals surface area (Å²) in [5.41, 5.74) is -1.40. The Morgan fingerprint density at radius 1 is 1.30 bits per heavy atom. The van der Waals surface area contributed by atoms with Crippen molar-refractivity contribution in [2.45, 2.75) is 26.9 Å². The standard InChI is InChI=1S/C14H14F2N2O3.C2H6/c1-7(19)5-17-14(21)8-6-18(2)12-10(16)4-3-9(15)11(12)13(8)20;1-2/h3-4,6-7,19H,5H2,1-2H3,(H,17,21);1-2H3/t7-;/m0./s1. The minimum atomic E-state index is -0.892. The van der Waals surface area contributed by atoms with Crippen molar-refractivity contribution in [2.75, 3.05) is 6.54 Å². The van der Waals surface area contributed by atoms with Gasteiger partial charge in [-0.1, -0.05) is 13.8 Å². The van der Waals surface area contributed by atoms with Crippen LogP contribution in [0.15, 0.2) is 23.1 Å². The SMILES string of the molecule is CC.C[C@H](O)CNC(=O)c1cn(C)c2c(F)ccc(F)c2c1=O. The molecule has 126 valence electrons. The Kier molecular flexibility index (Phi) is 6.38. The highest BCUT2D eigenvalue weighted by atomic mass is 19.1. The first-order valence-electron chi connectivity index (χ1n) is 7.26. The molecule has 1 atom stereocenters. The normalized spacial score (nSPS) is 11.6. The van der Waals surface area contributed by atoms with Gasteiger partial charge in [0.2, 0.25) is 5.43 Å². The molecule has 1 amide bonds. The predicted molar refractivity (Wildman–Crippen MR) is 84.5 cm³/mol. The number of benzene rings is 1. The number of pyridine rings is 1. The van der Waals surface area contributed by atoms with Crippen LogP contribution in [-0.2, 0) is 7.05 Å². The third-order valence-electron chi connectivity index (χ3n) is 3.03. The van der Waals surface area contributed by atoms with Gasteiger partial charge in [0.1, 0.15) is 17.2 Å². The Morgan fingerprint density at radius 2 is 1.87 bits per heavy atom. The lowest BCUT2D eigenvalue weighted by atomic mass is 10.1. The van der Waals surface area contributed by atoms with Gasteiger partial charge in [-0.05, 0) is 19.1 Å². The number of aromatic nitrogens is 1. The van der Waals surface area contributed by atoms with Crippen LogP contribution < -0.4 is 10.7 Å². The molecule has 2 N–H and O–H groups in total. The molecule has 5 nitrogen and oxygen atoms in total. The third-order valence-corrected chi connectivity index (χ3v) is 3.03. The number of rotatable bonds is 3. The van der Waals surface area contributed by atoms with Crippen molar-refractivity contribution in [2.24, 2.45) is 7.05 Å². The maximum absolute atomic E-state index is 13.8. The average Bonchev–Trinajstić information content (AvgIpc) is 2.52. The number of hydrogen-bond acceptors (Lipinski definition) is 3. The molecule has 0 saturated heterocycles. The summed E-state index contributed by atoms with van der Waals surface area (Å²) in [7, 11) is 1.41. The molecule has 7 heteroatoms. The van der Waals surface area contributed by atoms with E-state index < -0.39 is 34.5 Å². The second-order valence-electron chi connectivity index (χ2n) is 4.79. The Bertz CT molecular complexity index is 770. The lowest BCUT2D eigenvalue weighted by Crippen LogP contribution is -2.34. The molecular weight excluding hydrogens is 306 g/mol. The number of nitrogens with one attached hydrogen (secondary N) is 1. The number of aryl methyl sites for hydroxylation is 1. The Morgan fingerprint density at radius 3 is 2.43 bits per heavy atom. The van der Waals surface area contributed by atoms with Crippen LogP contribution in [0.5, 0.6) is 0 Å². The molecule has 0 unspecified atom stereocenters. The number of carbonyl (C=O) groups excluding carboxylic acids is 1. The van der Waals surface area contributed by atoms with E-state index in [2.05, 4.69) is 5.32 Å². The first-order valence-corrected chi connectivity index (χ1v) is 7.26. The summed E-state index contributed by atoms with van der Waals surface area (Å²) in [5.74, 6) is -2.39. The zero-order chi connectivity index (χ0) is 17.7. The van der Waals surface area contributed by atoms with E-state index in [4.69, 9.17) is 5.11 Å². The number of amides is 1. The van der Waals surface area contributed by atoms with Crippen LogP contribution in [0.25, 0.3) is 10.9 Å². The summed E-state index contributed by atoms with van der Waals surface area (Å²) in [5, 5.41) is 11.0. The van der Waals surface area contributed by atoms with Crippen LogP contribution in [0.3, 0.4) is 0 Å². The molecule has 0 fully saturated rings. The molecule has 1 heterocycles. The number of aliphatic hydroxyl groups is 1. The summed E-state index contributed by atoms with van der Waals surface area (Å²) >= 11 is 0. The van der Waals surface area contributed by atoms with Crippen LogP contribution in [0.1, 0.15) is 31.1 Å². The first-order chi connectivity index (χ1) is 10.8. The zero-order valence-corrected chi connectivity index (χ0v) is 13.5. The molecule has 0 aliphatic carbocycles. The van der Waals surface area contributed by atoms with Gasteiger partial charge in [-0.2, -0.15) is 0 Å². The van der Waals surface area contributed by atoms with Gasteiger partial charge in [0, 0.05) is 19.8 Å². The molecule has 0 aliphatic rings. The minimum Gasteiger partial charge on any atom is -0.392 e. The van der Waals surface area contributed by atoms with Crippen LogP contribution in [0.4, 0.5) is 8.78 Å². The second kappa shape index (κ2) is 7.82. The first kappa shape index (κ1) is 18.8. The highest BCUT2D eigenvalue weighted by molar-refractivity contribution is 5.97. The fraction of sp³-hybridized carbons (Fsp3) is 0.375. The Balaban J connectivity index is 0.00000127. The zero-order valence-electron chi connectivity index (χ0n) is 13.5. The fourth-order valence-electron chi connectivity index (χ4n) is 2.05. The number of fused-ring (bicyclic) bond motifs is 1. The summed E-state index contributed by atoms with van der Waals surface area (Å²) in [4.78, 5) is 24.1. The molecule has 2 rings (SSSR count). The number of halogens is 2. The van der Waals surface area contributed by atoms with E-state index in [0.717, 1.165) is 18.3 Å². The van der Waals surface area contributed by atoms with E-state index in [-0.39, 0.29) is 17.6 Å². The van der Waals surface area contributed by atoms with Crippen molar-refractivity contribution in [1.29, 1.82) is 0 Å². The predicted octanol–water partition coefficient (Wildman–Crippen LogP) is 1.95. The van der Waals surface area contributed by atoms with Gasteiger partial charge in [0.15, 0.2) is 0 Å². The summed E-state index contributed by atoms with van der Waals surface area (Å²) in [6.07, 6.45) is 0.359. The van der Waals surface area contributed by atoms with Crippen molar-refractivity contribution in [3.05, 3.63) is 45.8 Å². The van der Waals surface area contributed by atoms with Gasteiger partial charge in [-0.15, -0.1) is 0 Å². The number of nitrogens with zero attached hydrogens (tertiary/aromatic N) is 1. The smallest absolute Gasteiger partial charge is 0.256 e. The van der Waals surface area contributed by atoms with Gasteiger partial charge in [0.05, 0.1) is 17.0 Å². The minimum absolute atomic E-state index is 0.0499. The number of aliphatic hydroxyl groups excluding tert-OH is 1. The highest BCUT2D eigenvalue weighted by Crippen LogP contribution is 2.18. The third kappa shape index (κ3) is 3.92. The Hall–Kier alpha value is -2.28. The van der Waals surface area contributed by atoms with Crippen LogP contribution >= 0.6 is 0 Å². The molecule has 0 radical (unpaired) electrons. The molecular formula is C16H20F2N2O3. The molecule has 23 heavy (non-hydrogen) atoms. The molecule has 0 aliphatic heterocycles. The lowest BCUT2D eigenvalue weighted by Gasteiger charge is -2.11. The van der Waals surface area contributed by atoms with Crippen LogP contribution in [-0.4, -0.2) is 28.2 Å². The van der Waals surface area contributed by atoms with E-state index in [0.29, 0.717) is 0 Å². The van der Waals surface area contributed by atoms with Crippen molar-refractivity contribution < 1.29 is 18.7 Å². The summed E-state index contributed by atoms with van der Waals surface area (Å²) in [6, 6.07) is 1.76. The number of hydrogen-bond donors (Lipinski definition) is 2. The maximum atomic E-state index is 13.8. The van der Waals surface area contributed by atoms with Gasteiger partial charge in [-0.25, -0.2) is 8.78 Å². The Labute approximate surface area is 132 Å². The molecule has 2 aromatic rings. The molecule has 1 aromatic carbocycles. The average molecular weight is 326 g/mol. The van der Waals surface area contributed by atoms with Crippen LogP contribution in [0.2, 0.25) is 0 Å².